The van der Waals surface area contributed by atoms with Crippen molar-refractivity contribution in [3.63, 3.8) is 0 Å². The molecule has 70 heavy (non-hydrogen) atoms. The second kappa shape index (κ2) is 58.8. The van der Waals surface area contributed by atoms with E-state index in [4.69, 9.17) is 14.2 Å². The van der Waals surface area contributed by atoms with E-state index in [1.54, 1.807) is 0 Å². The maximum Gasteiger partial charge on any atom is 0.306 e. The highest BCUT2D eigenvalue weighted by Gasteiger charge is 2.17. The van der Waals surface area contributed by atoms with Crippen LogP contribution in [0.2, 0.25) is 0 Å². The number of carbonyl (C=O) groups excluding carboxylic acids is 2. The summed E-state index contributed by atoms with van der Waals surface area (Å²) in [6, 6.07) is 0. The Labute approximate surface area is 431 Å². The minimum atomic E-state index is -0.587. The molecular formula is C65H102O5. The fourth-order valence-electron chi connectivity index (χ4n) is 6.99. The molecule has 0 fully saturated rings. The number of esters is 2. The third-order valence-corrected chi connectivity index (χ3v) is 11.0. The van der Waals surface area contributed by atoms with E-state index in [0.29, 0.717) is 19.4 Å². The minimum absolute atomic E-state index is 0.0388. The highest BCUT2D eigenvalue weighted by atomic mass is 16.6. The van der Waals surface area contributed by atoms with Gasteiger partial charge < -0.3 is 14.2 Å². The van der Waals surface area contributed by atoms with Crippen LogP contribution in [0.5, 0.6) is 0 Å². The quantitative estimate of drug-likeness (QED) is 0.0345. The lowest BCUT2D eigenvalue weighted by atomic mass is 10.1. The molecule has 0 aromatic rings. The van der Waals surface area contributed by atoms with Crippen LogP contribution in [0, 0.1) is 0 Å². The van der Waals surface area contributed by atoms with Crippen LogP contribution in [0.15, 0.2) is 158 Å². The van der Waals surface area contributed by atoms with Gasteiger partial charge in [0, 0.05) is 19.4 Å². The van der Waals surface area contributed by atoms with E-state index in [1.165, 1.54) is 6.42 Å². The van der Waals surface area contributed by atoms with E-state index in [2.05, 4.69) is 179 Å². The summed E-state index contributed by atoms with van der Waals surface area (Å²) in [6.07, 6.45) is 86.9. The average Bonchev–Trinajstić information content (AvgIpc) is 3.36. The van der Waals surface area contributed by atoms with E-state index >= 15 is 0 Å². The highest BCUT2D eigenvalue weighted by molar-refractivity contribution is 5.70. The molecule has 0 heterocycles. The van der Waals surface area contributed by atoms with Crippen LogP contribution in [-0.4, -0.2) is 37.9 Å². The molecule has 0 radical (unpaired) electrons. The van der Waals surface area contributed by atoms with Crippen LogP contribution in [0.25, 0.3) is 0 Å². The number of rotatable bonds is 49. The predicted molar refractivity (Wildman–Crippen MR) is 306 cm³/mol. The van der Waals surface area contributed by atoms with E-state index in [-0.39, 0.29) is 25.2 Å². The van der Waals surface area contributed by atoms with Gasteiger partial charge in [0.2, 0.25) is 0 Å². The fraction of sp³-hybridized carbons (Fsp3) is 0.569. The maximum absolute atomic E-state index is 12.8. The van der Waals surface area contributed by atoms with Crippen molar-refractivity contribution in [2.45, 2.75) is 219 Å². The van der Waals surface area contributed by atoms with Crippen LogP contribution in [-0.2, 0) is 23.8 Å². The highest BCUT2D eigenvalue weighted by Crippen LogP contribution is 2.12. The first-order valence-electron chi connectivity index (χ1n) is 28.0. The summed E-state index contributed by atoms with van der Waals surface area (Å²) in [5.41, 5.74) is 0. The van der Waals surface area contributed by atoms with Crippen LogP contribution in [0.4, 0.5) is 0 Å². The number of unbranched alkanes of at least 4 members (excludes halogenated alkanes) is 12. The van der Waals surface area contributed by atoms with Crippen LogP contribution >= 0.6 is 0 Å². The lowest BCUT2D eigenvalue weighted by molar-refractivity contribution is -0.163. The smallest absolute Gasteiger partial charge is 0.306 e. The topological polar surface area (TPSA) is 61.8 Å². The third-order valence-electron chi connectivity index (χ3n) is 11.0. The van der Waals surface area contributed by atoms with Crippen molar-refractivity contribution >= 4 is 11.9 Å². The van der Waals surface area contributed by atoms with Gasteiger partial charge in [-0.3, -0.25) is 9.59 Å². The first-order valence-corrected chi connectivity index (χ1v) is 28.0. The van der Waals surface area contributed by atoms with Crippen LogP contribution in [0.1, 0.15) is 213 Å². The van der Waals surface area contributed by atoms with Crippen molar-refractivity contribution in [3.8, 4) is 0 Å². The lowest BCUT2D eigenvalue weighted by Crippen LogP contribution is -2.30. The molecule has 392 valence electrons. The molecule has 1 atom stereocenters. The van der Waals surface area contributed by atoms with Crippen LogP contribution in [0.3, 0.4) is 0 Å². The van der Waals surface area contributed by atoms with Gasteiger partial charge in [-0.1, -0.05) is 217 Å². The number of ether oxygens (including phenoxy) is 3. The van der Waals surface area contributed by atoms with Gasteiger partial charge >= 0.3 is 11.9 Å². The van der Waals surface area contributed by atoms with E-state index < -0.39 is 6.10 Å². The molecule has 5 heteroatoms. The minimum Gasteiger partial charge on any atom is -0.462 e. The zero-order valence-corrected chi connectivity index (χ0v) is 45.0. The van der Waals surface area contributed by atoms with Gasteiger partial charge in [-0.2, -0.15) is 0 Å². The van der Waals surface area contributed by atoms with Gasteiger partial charge in [0.1, 0.15) is 6.61 Å². The Morgan fingerprint density at radius 1 is 0.314 bits per heavy atom. The zero-order valence-electron chi connectivity index (χ0n) is 45.0. The Kier molecular flexibility index (Phi) is 55.1. The summed E-state index contributed by atoms with van der Waals surface area (Å²) >= 11 is 0. The Hall–Kier alpha value is -4.48. The van der Waals surface area contributed by atoms with Crippen LogP contribution < -0.4 is 0 Å². The summed E-state index contributed by atoms with van der Waals surface area (Å²) in [6.45, 7) is 7.36. The first-order chi connectivity index (χ1) is 34.6. The normalized spacial score (nSPS) is 13.5. The molecule has 0 rings (SSSR count). The van der Waals surface area contributed by atoms with E-state index in [0.717, 1.165) is 173 Å². The molecular weight excluding hydrogens is 861 g/mol. The lowest BCUT2D eigenvalue weighted by Gasteiger charge is -2.18. The van der Waals surface area contributed by atoms with Gasteiger partial charge in [0.25, 0.3) is 0 Å². The Morgan fingerprint density at radius 3 is 0.971 bits per heavy atom. The molecule has 0 spiro atoms. The molecule has 0 aromatic carbocycles. The second-order valence-corrected chi connectivity index (χ2v) is 17.7. The van der Waals surface area contributed by atoms with Crippen molar-refractivity contribution in [2.24, 2.45) is 0 Å². The van der Waals surface area contributed by atoms with Crippen molar-refractivity contribution in [1.29, 1.82) is 0 Å². The predicted octanol–water partition coefficient (Wildman–Crippen LogP) is 19.5. The molecule has 0 aromatic heterocycles. The number of hydrogen-bond acceptors (Lipinski definition) is 5. The fourth-order valence-corrected chi connectivity index (χ4v) is 6.99. The van der Waals surface area contributed by atoms with Gasteiger partial charge in [0.15, 0.2) is 6.10 Å². The molecule has 0 saturated carbocycles. The number of hydrogen-bond donors (Lipinski definition) is 0. The molecule has 0 amide bonds. The summed E-state index contributed by atoms with van der Waals surface area (Å²) < 4.78 is 17.4. The Bertz CT molecular complexity index is 1560. The molecule has 0 N–H and O–H groups in total. The van der Waals surface area contributed by atoms with Gasteiger partial charge in [-0.25, -0.2) is 0 Å². The molecule has 0 saturated heterocycles. The second-order valence-electron chi connectivity index (χ2n) is 17.7. The molecule has 5 nitrogen and oxygen atoms in total. The third kappa shape index (κ3) is 56.1. The van der Waals surface area contributed by atoms with Crippen molar-refractivity contribution in [2.75, 3.05) is 19.8 Å². The summed E-state index contributed by atoms with van der Waals surface area (Å²) in [4.78, 5) is 25.5. The van der Waals surface area contributed by atoms with E-state index in [9.17, 15) is 9.59 Å². The Balaban J connectivity index is 4.46. The Morgan fingerprint density at radius 2 is 0.600 bits per heavy atom. The largest absolute Gasteiger partial charge is 0.462 e. The van der Waals surface area contributed by atoms with Gasteiger partial charge in [0.05, 0.1) is 6.61 Å². The SMILES string of the molecule is CC/C=C\C/C=C\C/C=C\C/C=C\C/C=C\CCCCCCOCC(COC(=O)CCCCC/C=C\C/C=C\C/C=C\C/C=C\C/C=C\CC)OC(=O)CCCCCCC/C=C\C/C=C\C/C=C\CC. The number of carbonyl (C=O) groups is 2. The molecule has 0 aliphatic heterocycles. The van der Waals surface area contributed by atoms with Crippen molar-refractivity contribution in [3.05, 3.63) is 158 Å². The van der Waals surface area contributed by atoms with Crippen molar-refractivity contribution in [1.82, 2.24) is 0 Å². The molecule has 0 aliphatic carbocycles. The first kappa shape index (κ1) is 65.5. The summed E-state index contributed by atoms with van der Waals surface area (Å²) in [5, 5.41) is 0. The van der Waals surface area contributed by atoms with Crippen molar-refractivity contribution < 1.29 is 23.8 Å². The van der Waals surface area contributed by atoms with Gasteiger partial charge in [-0.15, -0.1) is 0 Å². The molecule has 1 unspecified atom stereocenters. The standard InChI is InChI=1S/C65H102O5/c1-4-7-10-13-16-19-22-25-28-30-32-34-36-39-42-45-48-51-54-57-60-68-61-63(70-65(67)59-56-53-50-47-44-41-37-27-24-21-18-15-12-9-6-3)62-69-64(66)58-55-52-49-46-43-40-38-35-33-31-29-26-23-20-17-14-11-8-5-2/h7-12,16-21,25-29,32-35,37,39-40,42-43,63H,4-6,13-15,22-24,30-31,36,38,41,44-62H2,1-3H3/b10-7-,11-8-,12-9-,19-16-,20-17-,21-18-,28-25-,29-26-,34-32-,35-33-,37-27-,42-39-,43-40-. The maximum atomic E-state index is 12.8. The van der Waals surface area contributed by atoms with E-state index in [1.807, 2.05) is 0 Å². The number of allylic oxidation sites excluding steroid dienone is 26. The monoisotopic (exact) mass is 963 g/mol. The summed E-state index contributed by atoms with van der Waals surface area (Å²) in [7, 11) is 0. The molecule has 0 aliphatic rings. The molecule has 0 bridgehead atoms. The summed E-state index contributed by atoms with van der Waals surface area (Å²) in [5.74, 6) is -0.481. The van der Waals surface area contributed by atoms with Gasteiger partial charge in [-0.05, 0) is 141 Å². The average molecular weight is 964 g/mol. The zero-order chi connectivity index (χ0) is 50.6.